The number of pyridine rings is 1. The second-order valence-corrected chi connectivity index (χ2v) is 12.1. The van der Waals surface area contributed by atoms with Crippen LogP contribution in [0.25, 0.3) is 0 Å². The van der Waals surface area contributed by atoms with Gasteiger partial charge in [-0.1, -0.05) is 51.6 Å². The number of amides is 1. The molecule has 1 amide bonds. The van der Waals surface area contributed by atoms with E-state index in [0.717, 1.165) is 37.7 Å². The Balaban J connectivity index is 1.86. The van der Waals surface area contributed by atoms with Crippen molar-refractivity contribution < 1.29 is 24.2 Å². The number of aliphatic carboxylic acids is 1. The van der Waals surface area contributed by atoms with Crippen LogP contribution in [-0.4, -0.2) is 53.2 Å². The van der Waals surface area contributed by atoms with Crippen molar-refractivity contribution in [1.29, 1.82) is 0 Å². The summed E-state index contributed by atoms with van der Waals surface area (Å²) in [4.78, 5) is 33.4. The van der Waals surface area contributed by atoms with Gasteiger partial charge in [-0.25, -0.2) is 9.78 Å². The number of hydrogen-bond donors (Lipinski definition) is 2. The lowest BCUT2D eigenvalue weighted by molar-refractivity contribution is -0.154. The molecule has 39 heavy (non-hydrogen) atoms. The first-order valence-electron chi connectivity index (χ1n) is 13.7. The maximum Gasteiger partial charge on any atom is 0.326 e. The number of ether oxygens (including phenoxy) is 2. The van der Waals surface area contributed by atoms with Gasteiger partial charge in [-0.3, -0.25) is 4.79 Å². The van der Waals surface area contributed by atoms with E-state index in [4.69, 9.17) is 21.1 Å². The second kappa shape index (κ2) is 12.1. The zero-order chi connectivity index (χ0) is 28.3. The highest BCUT2D eigenvalue weighted by molar-refractivity contribution is 6.30. The van der Waals surface area contributed by atoms with Gasteiger partial charge < -0.3 is 24.8 Å². The lowest BCUT2D eigenvalue weighted by Gasteiger charge is -2.36. The first-order valence-corrected chi connectivity index (χ1v) is 14.1. The number of rotatable bonds is 8. The average molecular weight is 558 g/mol. The predicted molar refractivity (Wildman–Crippen MR) is 150 cm³/mol. The summed E-state index contributed by atoms with van der Waals surface area (Å²) in [5.74, 6) is -0.651. The number of hydrogen-bond acceptors (Lipinski definition) is 6. The van der Waals surface area contributed by atoms with Crippen LogP contribution in [0.1, 0.15) is 70.0 Å². The van der Waals surface area contributed by atoms with Crippen molar-refractivity contribution in [2.24, 2.45) is 17.3 Å². The first-order chi connectivity index (χ1) is 18.6. The Kier molecular flexibility index (Phi) is 9.07. The van der Waals surface area contributed by atoms with E-state index in [1.54, 1.807) is 37.4 Å². The molecule has 1 aromatic carbocycles. The van der Waals surface area contributed by atoms with Crippen molar-refractivity contribution in [3.63, 3.8) is 0 Å². The molecular formula is C30H40ClN3O5. The molecule has 4 rings (SSSR count). The van der Waals surface area contributed by atoms with Gasteiger partial charge in [0.1, 0.15) is 11.8 Å². The highest BCUT2D eigenvalue weighted by Gasteiger charge is 2.59. The van der Waals surface area contributed by atoms with Crippen molar-refractivity contribution in [3.05, 3.63) is 52.7 Å². The number of carboxylic acids is 1. The van der Waals surface area contributed by atoms with Crippen molar-refractivity contribution in [2.75, 3.05) is 14.2 Å². The molecule has 1 aliphatic heterocycles. The maximum atomic E-state index is 14.3. The van der Waals surface area contributed by atoms with Crippen LogP contribution in [0.3, 0.4) is 0 Å². The Bertz CT molecular complexity index is 1180. The standard InChI is InChI=1S/C30H40ClN3O5/c1-30(2,3)23-24(33-17-19-16-20(31)13-14-22(19)38-4)25(21-12-9-15-32-27(21)39-5)34(26(23)29(36)37)28(35)18-10-7-6-8-11-18/h9,12-16,18,23-26,33H,6-8,10-11,17H2,1-5H3,(H,36,37). The summed E-state index contributed by atoms with van der Waals surface area (Å²) >= 11 is 6.31. The number of halogens is 1. The van der Waals surface area contributed by atoms with E-state index in [0.29, 0.717) is 28.8 Å². The molecule has 1 saturated carbocycles. The fourth-order valence-electron chi connectivity index (χ4n) is 6.53. The molecule has 4 unspecified atom stereocenters. The Labute approximate surface area is 236 Å². The average Bonchev–Trinajstić information content (AvgIpc) is 3.28. The number of carboxylic acid groups (broad SMARTS) is 1. The number of aromatic nitrogens is 1. The van der Waals surface area contributed by atoms with Gasteiger partial charge in [0.25, 0.3) is 0 Å². The number of nitrogens with zero attached hydrogens (tertiary/aromatic N) is 2. The summed E-state index contributed by atoms with van der Waals surface area (Å²) in [5, 5.41) is 14.9. The van der Waals surface area contributed by atoms with Gasteiger partial charge in [0.15, 0.2) is 0 Å². The minimum atomic E-state index is -1.02. The summed E-state index contributed by atoms with van der Waals surface area (Å²) in [6.07, 6.45) is 6.23. The summed E-state index contributed by atoms with van der Waals surface area (Å²) in [5.41, 5.74) is 1.09. The van der Waals surface area contributed by atoms with Crippen LogP contribution in [0.5, 0.6) is 11.6 Å². The molecule has 0 spiro atoms. The molecule has 9 heteroatoms. The molecule has 2 aliphatic rings. The Morgan fingerprint density at radius 2 is 1.85 bits per heavy atom. The fraction of sp³-hybridized carbons (Fsp3) is 0.567. The van der Waals surface area contributed by atoms with E-state index in [1.165, 1.54) is 0 Å². The molecule has 2 N–H and O–H groups in total. The van der Waals surface area contributed by atoms with E-state index in [1.807, 2.05) is 39.0 Å². The highest BCUT2D eigenvalue weighted by atomic mass is 35.5. The van der Waals surface area contributed by atoms with Crippen molar-refractivity contribution in [3.8, 4) is 11.6 Å². The van der Waals surface area contributed by atoms with Gasteiger partial charge in [-0.2, -0.15) is 0 Å². The molecule has 0 radical (unpaired) electrons. The van der Waals surface area contributed by atoms with Crippen LogP contribution in [-0.2, 0) is 16.1 Å². The van der Waals surface area contributed by atoms with Gasteiger partial charge in [-0.15, -0.1) is 0 Å². The SMILES string of the molecule is COc1ccc(Cl)cc1CNC1C(c2cccnc2OC)N(C(=O)C2CCCCC2)C(C(=O)O)C1C(C)(C)C. The molecule has 1 aliphatic carbocycles. The van der Waals surface area contributed by atoms with Crippen LogP contribution in [0, 0.1) is 17.3 Å². The molecule has 8 nitrogen and oxygen atoms in total. The third-order valence-corrected chi connectivity index (χ3v) is 8.45. The molecule has 1 aromatic heterocycles. The zero-order valence-electron chi connectivity index (χ0n) is 23.4. The highest BCUT2D eigenvalue weighted by Crippen LogP contribution is 2.50. The summed E-state index contributed by atoms with van der Waals surface area (Å²) in [6, 6.07) is 7.08. The fourth-order valence-corrected chi connectivity index (χ4v) is 6.72. The van der Waals surface area contributed by atoms with E-state index < -0.39 is 35.4 Å². The molecular weight excluding hydrogens is 518 g/mol. The third kappa shape index (κ3) is 6.02. The van der Waals surface area contributed by atoms with E-state index >= 15 is 0 Å². The molecule has 2 fully saturated rings. The smallest absolute Gasteiger partial charge is 0.326 e. The first kappa shape index (κ1) is 29.2. The zero-order valence-corrected chi connectivity index (χ0v) is 24.2. The number of methoxy groups -OCH3 is 2. The topological polar surface area (TPSA) is 101 Å². The minimum absolute atomic E-state index is 0.100. The number of nitrogens with one attached hydrogen (secondary N) is 1. The third-order valence-electron chi connectivity index (χ3n) is 8.21. The maximum absolute atomic E-state index is 14.3. The monoisotopic (exact) mass is 557 g/mol. The molecule has 2 aromatic rings. The second-order valence-electron chi connectivity index (χ2n) is 11.7. The number of benzene rings is 1. The molecule has 212 valence electrons. The predicted octanol–water partition coefficient (Wildman–Crippen LogP) is 5.49. The van der Waals surface area contributed by atoms with Gasteiger partial charge in [-0.05, 0) is 48.6 Å². The quantitative estimate of drug-likeness (QED) is 0.442. The number of carbonyl (C=O) groups excluding carboxylic acids is 1. The molecule has 1 saturated heterocycles. The van der Waals surface area contributed by atoms with Crippen LogP contribution < -0.4 is 14.8 Å². The van der Waals surface area contributed by atoms with Gasteiger partial charge in [0.2, 0.25) is 11.8 Å². The van der Waals surface area contributed by atoms with Crippen molar-refractivity contribution in [1.82, 2.24) is 15.2 Å². The van der Waals surface area contributed by atoms with E-state index in [2.05, 4.69) is 10.3 Å². The molecule has 0 bridgehead atoms. The van der Waals surface area contributed by atoms with Crippen molar-refractivity contribution in [2.45, 2.75) is 77.5 Å². The van der Waals surface area contributed by atoms with Crippen LogP contribution in [0.15, 0.2) is 36.5 Å². The Morgan fingerprint density at radius 3 is 2.46 bits per heavy atom. The Hall–Kier alpha value is -2.84. The van der Waals surface area contributed by atoms with E-state index in [-0.39, 0.29) is 11.8 Å². The Morgan fingerprint density at radius 1 is 1.13 bits per heavy atom. The number of carbonyl (C=O) groups is 2. The largest absolute Gasteiger partial charge is 0.496 e. The summed E-state index contributed by atoms with van der Waals surface area (Å²) in [6.45, 7) is 6.48. The molecule has 2 heterocycles. The number of likely N-dealkylation sites (tertiary alicyclic amines) is 1. The summed E-state index contributed by atoms with van der Waals surface area (Å²) in [7, 11) is 3.15. The van der Waals surface area contributed by atoms with Gasteiger partial charge >= 0.3 is 5.97 Å². The van der Waals surface area contributed by atoms with Crippen LogP contribution in [0.4, 0.5) is 0 Å². The summed E-state index contributed by atoms with van der Waals surface area (Å²) < 4.78 is 11.2. The van der Waals surface area contributed by atoms with Crippen LogP contribution in [0.2, 0.25) is 5.02 Å². The minimum Gasteiger partial charge on any atom is -0.496 e. The van der Waals surface area contributed by atoms with Crippen molar-refractivity contribution >= 4 is 23.5 Å². The van der Waals surface area contributed by atoms with Gasteiger partial charge in [0, 0.05) is 46.8 Å². The lowest BCUT2D eigenvalue weighted by Crippen LogP contribution is -2.49. The normalized spacial score (nSPS) is 24.0. The lowest BCUT2D eigenvalue weighted by atomic mass is 9.72. The van der Waals surface area contributed by atoms with E-state index in [9.17, 15) is 14.7 Å². The van der Waals surface area contributed by atoms with Crippen LogP contribution >= 0.6 is 11.6 Å². The molecule has 4 atom stereocenters. The van der Waals surface area contributed by atoms with Gasteiger partial charge in [0.05, 0.1) is 20.3 Å².